The summed E-state index contributed by atoms with van der Waals surface area (Å²) in [6, 6.07) is 10.7. The number of phenolic OH excluding ortho intramolecular Hbond substituents is 1. The second-order valence-corrected chi connectivity index (χ2v) is 7.18. The van der Waals surface area contributed by atoms with Crippen LogP contribution in [0.2, 0.25) is 0 Å². The zero-order chi connectivity index (χ0) is 15.4. The molecule has 0 fully saturated rings. The lowest BCUT2D eigenvalue weighted by Crippen LogP contribution is -2.29. The minimum atomic E-state index is 0.384. The van der Waals surface area contributed by atoms with E-state index >= 15 is 0 Å². The number of thiophene rings is 1. The first-order chi connectivity index (χ1) is 10.8. The molecule has 0 radical (unpaired) electrons. The summed E-state index contributed by atoms with van der Waals surface area (Å²) in [6.45, 7) is 3.28. The molecule has 3 rings (SSSR count). The van der Waals surface area contributed by atoms with Gasteiger partial charge in [0.15, 0.2) is 0 Å². The summed E-state index contributed by atoms with van der Waals surface area (Å²) in [4.78, 5) is 1.49. The first kappa shape index (κ1) is 15.6. The number of aromatic hydroxyl groups is 1. The molecule has 1 aromatic carbocycles. The molecular formula is C19H25NOS. The number of hydrogen-bond acceptors (Lipinski definition) is 3. The van der Waals surface area contributed by atoms with Gasteiger partial charge in [-0.2, -0.15) is 0 Å². The van der Waals surface area contributed by atoms with Crippen LogP contribution in [0, 0.1) is 0 Å². The fourth-order valence-corrected chi connectivity index (χ4v) is 4.41. The molecule has 22 heavy (non-hydrogen) atoms. The van der Waals surface area contributed by atoms with E-state index < -0.39 is 0 Å². The van der Waals surface area contributed by atoms with Crippen LogP contribution in [-0.2, 0) is 6.42 Å². The van der Waals surface area contributed by atoms with Gasteiger partial charge in [0.2, 0.25) is 0 Å². The Bertz CT molecular complexity index is 593. The predicted octanol–water partition coefficient (Wildman–Crippen LogP) is 5.00. The zero-order valence-corrected chi connectivity index (χ0v) is 14.0. The normalized spacial score (nSPS) is 18.9. The van der Waals surface area contributed by atoms with E-state index in [9.17, 15) is 5.11 Å². The fourth-order valence-electron chi connectivity index (χ4n) is 3.54. The lowest BCUT2D eigenvalue weighted by molar-refractivity contribution is 0.415. The molecule has 2 unspecified atom stereocenters. The van der Waals surface area contributed by atoms with E-state index in [2.05, 4.69) is 35.8 Å². The Morgan fingerprint density at radius 3 is 3.00 bits per heavy atom. The van der Waals surface area contributed by atoms with E-state index in [0.29, 0.717) is 17.7 Å². The van der Waals surface area contributed by atoms with Crippen LogP contribution in [-0.4, -0.2) is 11.7 Å². The van der Waals surface area contributed by atoms with Crippen LogP contribution in [0.5, 0.6) is 5.75 Å². The maximum atomic E-state index is 10.1. The zero-order valence-electron chi connectivity index (χ0n) is 13.2. The van der Waals surface area contributed by atoms with Crippen molar-refractivity contribution in [3.05, 3.63) is 51.7 Å². The van der Waals surface area contributed by atoms with Crippen molar-refractivity contribution in [3.63, 3.8) is 0 Å². The number of nitrogens with one attached hydrogen (secondary N) is 1. The van der Waals surface area contributed by atoms with Crippen LogP contribution in [0.3, 0.4) is 0 Å². The third-order valence-electron chi connectivity index (χ3n) is 4.68. The van der Waals surface area contributed by atoms with Gasteiger partial charge in [-0.05, 0) is 54.3 Å². The van der Waals surface area contributed by atoms with Crippen molar-refractivity contribution in [2.75, 3.05) is 6.54 Å². The highest BCUT2D eigenvalue weighted by molar-refractivity contribution is 7.10. The van der Waals surface area contributed by atoms with Crippen LogP contribution in [0.15, 0.2) is 35.7 Å². The molecule has 0 saturated carbocycles. The largest absolute Gasteiger partial charge is 0.508 e. The van der Waals surface area contributed by atoms with Crippen LogP contribution >= 0.6 is 11.3 Å². The number of phenols is 1. The number of rotatable bonds is 6. The molecule has 1 aliphatic carbocycles. The van der Waals surface area contributed by atoms with E-state index in [1.54, 1.807) is 0 Å². The highest BCUT2D eigenvalue weighted by Gasteiger charge is 2.23. The van der Waals surface area contributed by atoms with Gasteiger partial charge in [0, 0.05) is 23.4 Å². The Balaban J connectivity index is 1.70. The molecule has 118 valence electrons. The van der Waals surface area contributed by atoms with Crippen LogP contribution in [0.25, 0.3) is 0 Å². The molecule has 1 heterocycles. The molecular weight excluding hydrogens is 290 g/mol. The van der Waals surface area contributed by atoms with E-state index in [-0.39, 0.29) is 0 Å². The molecule has 0 amide bonds. The molecule has 1 aliphatic rings. The van der Waals surface area contributed by atoms with Gasteiger partial charge in [-0.3, -0.25) is 0 Å². The van der Waals surface area contributed by atoms with E-state index in [0.717, 1.165) is 24.9 Å². The quantitative estimate of drug-likeness (QED) is 0.786. The summed E-state index contributed by atoms with van der Waals surface area (Å²) in [5.41, 5.74) is 2.45. The number of hydrogen-bond donors (Lipinski definition) is 2. The van der Waals surface area contributed by atoms with Gasteiger partial charge >= 0.3 is 0 Å². The lowest BCUT2D eigenvalue weighted by atomic mass is 9.86. The Labute approximate surface area is 137 Å². The summed E-state index contributed by atoms with van der Waals surface area (Å²) >= 11 is 1.87. The van der Waals surface area contributed by atoms with Crippen molar-refractivity contribution in [1.82, 2.24) is 5.32 Å². The summed E-state index contributed by atoms with van der Waals surface area (Å²) in [6.07, 6.45) is 5.77. The average molecular weight is 315 g/mol. The van der Waals surface area contributed by atoms with Gasteiger partial charge in [-0.1, -0.05) is 31.5 Å². The van der Waals surface area contributed by atoms with Gasteiger partial charge in [0.25, 0.3) is 0 Å². The first-order valence-electron chi connectivity index (χ1n) is 8.37. The monoisotopic (exact) mass is 315 g/mol. The minimum absolute atomic E-state index is 0.384. The molecule has 3 heteroatoms. The molecule has 0 spiro atoms. The van der Waals surface area contributed by atoms with E-state index in [1.165, 1.54) is 29.7 Å². The number of benzene rings is 1. The Kier molecular flexibility index (Phi) is 5.16. The summed E-state index contributed by atoms with van der Waals surface area (Å²) in [5, 5.41) is 16.0. The van der Waals surface area contributed by atoms with E-state index in [1.807, 2.05) is 23.5 Å². The molecule has 0 aliphatic heterocycles. The number of fused-ring (bicyclic) bond motifs is 1. The van der Waals surface area contributed by atoms with E-state index in [4.69, 9.17) is 0 Å². The van der Waals surface area contributed by atoms with Crippen LogP contribution in [0.1, 0.15) is 60.6 Å². The second kappa shape index (κ2) is 7.30. The Morgan fingerprint density at radius 1 is 1.32 bits per heavy atom. The van der Waals surface area contributed by atoms with Gasteiger partial charge in [0.1, 0.15) is 5.75 Å². The Morgan fingerprint density at radius 2 is 2.23 bits per heavy atom. The van der Waals surface area contributed by atoms with Gasteiger partial charge in [0.05, 0.1) is 0 Å². The van der Waals surface area contributed by atoms with Gasteiger partial charge < -0.3 is 10.4 Å². The van der Waals surface area contributed by atoms with Crippen molar-refractivity contribution in [2.45, 2.75) is 51.0 Å². The first-order valence-corrected chi connectivity index (χ1v) is 9.25. The molecule has 0 saturated heterocycles. The highest BCUT2D eigenvalue weighted by atomic mass is 32.1. The molecule has 2 atom stereocenters. The maximum Gasteiger partial charge on any atom is 0.119 e. The third-order valence-corrected chi connectivity index (χ3v) is 5.71. The molecule has 2 aromatic rings. The SMILES string of the molecule is CCCC(CNC1CCCc2c(O)cccc21)c1cccs1. The minimum Gasteiger partial charge on any atom is -0.508 e. The standard InChI is InChI=1S/C19H25NOS/c1-2-6-14(19-11-5-12-22-19)13-20-17-9-3-8-16-15(17)7-4-10-18(16)21/h4-5,7,10-12,14,17,20-21H,2-3,6,8-9,13H2,1H3. The van der Waals surface area contributed by atoms with Crippen molar-refractivity contribution in [2.24, 2.45) is 0 Å². The molecule has 0 bridgehead atoms. The van der Waals surface area contributed by atoms with Crippen molar-refractivity contribution in [3.8, 4) is 5.75 Å². The smallest absolute Gasteiger partial charge is 0.119 e. The maximum absolute atomic E-state index is 10.1. The molecule has 2 N–H and O–H groups in total. The summed E-state index contributed by atoms with van der Waals surface area (Å²) in [7, 11) is 0. The topological polar surface area (TPSA) is 32.3 Å². The Hall–Kier alpha value is -1.32. The van der Waals surface area contributed by atoms with Crippen LogP contribution in [0.4, 0.5) is 0 Å². The van der Waals surface area contributed by atoms with Crippen molar-refractivity contribution in [1.29, 1.82) is 0 Å². The van der Waals surface area contributed by atoms with Gasteiger partial charge in [-0.25, -0.2) is 0 Å². The highest BCUT2D eigenvalue weighted by Crippen LogP contribution is 2.35. The van der Waals surface area contributed by atoms with Crippen molar-refractivity contribution >= 4 is 11.3 Å². The van der Waals surface area contributed by atoms with Crippen molar-refractivity contribution < 1.29 is 5.11 Å². The fraction of sp³-hybridized carbons (Fsp3) is 0.474. The summed E-state index contributed by atoms with van der Waals surface area (Å²) < 4.78 is 0. The lowest BCUT2D eigenvalue weighted by Gasteiger charge is -2.28. The molecule has 2 nitrogen and oxygen atoms in total. The average Bonchev–Trinajstić information content (AvgIpc) is 3.06. The third kappa shape index (κ3) is 3.36. The predicted molar refractivity (Wildman–Crippen MR) is 93.8 cm³/mol. The second-order valence-electron chi connectivity index (χ2n) is 6.20. The summed E-state index contributed by atoms with van der Waals surface area (Å²) in [5.74, 6) is 1.07. The molecule has 1 aromatic heterocycles. The van der Waals surface area contributed by atoms with Gasteiger partial charge in [-0.15, -0.1) is 11.3 Å². The van der Waals surface area contributed by atoms with Crippen LogP contribution < -0.4 is 5.32 Å².